The second-order valence-electron chi connectivity index (χ2n) is 6.77. The van der Waals surface area contributed by atoms with Gasteiger partial charge < -0.3 is 11.1 Å². The molecule has 3 nitrogen and oxygen atoms in total. The highest BCUT2D eigenvalue weighted by atomic mass is 16.1. The number of carbonyl (C=O) groups excluding carboxylic acids is 1. The molecule has 102 valence electrons. The summed E-state index contributed by atoms with van der Waals surface area (Å²) < 4.78 is 0. The molecule has 0 aliphatic heterocycles. The average molecular weight is 250 g/mol. The summed E-state index contributed by atoms with van der Waals surface area (Å²) in [5.41, 5.74) is 5.39. The van der Waals surface area contributed by atoms with Crippen LogP contribution in [0.4, 0.5) is 0 Å². The third kappa shape index (κ3) is 2.42. The first-order valence-corrected chi connectivity index (χ1v) is 7.77. The van der Waals surface area contributed by atoms with E-state index in [9.17, 15) is 4.79 Å². The number of nitrogens with two attached hydrogens (primary N) is 1. The first kappa shape index (κ1) is 12.5. The van der Waals surface area contributed by atoms with Gasteiger partial charge in [-0.05, 0) is 50.4 Å². The van der Waals surface area contributed by atoms with Crippen molar-refractivity contribution in [3.8, 4) is 0 Å². The molecule has 3 fully saturated rings. The van der Waals surface area contributed by atoms with Gasteiger partial charge in [-0.15, -0.1) is 0 Å². The highest BCUT2D eigenvalue weighted by Gasteiger charge is 2.46. The lowest BCUT2D eigenvalue weighted by Crippen LogP contribution is -2.60. The Balaban J connectivity index is 1.70. The van der Waals surface area contributed by atoms with E-state index < -0.39 is 0 Å². The highest BCUT2D eigenvalue weighted by molar-refractivity contribution is 5.84. The van der Waals surface area contributed by atoms with Gasteiger partial charge in [0.15, 0.2) is 0 Å². The number of amides is 1. The maximum Gasteiger partial charge on any atom is 0.237 e. The topological polar surface area (TPSA) is 55.1 Å². The van der Waals surface area contributed by atoms with Crippen molar-refractivity contribution in [1.29, 1.82) is 0 Å². The number of hydrogen-bond donors (Lipinski definition) is 2. The van der Waals surface area contributed by atoms with Crippen LogP contribution in [-0.2, 0) is 4.79 Å². The normalized spacial score (nSPS) is 37.9. The molecule has 3 heteroatoms. The Hall–Kier alpha value is -0.570. The second kappa shape index (κ2) is 4.84. The van der Waals surface area contributed by atoms with E-state index in [0.29, 0.717) is 6.04 Å². The molecule has 0 saturated heterocycles. The Morgan fingerprint density at radius 1 is 1.00 bits per heavy atom. The summed E-state index contributed by atoms with van der Waals surface area (Å²) in [6.07, 6.45) is 12.3. The van der Waals surface area contributed by atoms with Crippen LogP contribution in [0.2, 0.25) is 0 Å². The van der Waals surface area contributed by atoms with Crippen LogP contribution < -0.4 is 11.1 Å². The van der Waals surface area contributed by atoms with E-state index in [1.165, 1.54) is 51.4 Å². The van der Waals surface area contributed by atoms with Crippen molar-refractivity contribution in [3.63, 3.8) is 0 Å². The van der Waals surface area contributed by atoms with E-state index >= 15 is 0 Å². The summed E-state index contributed by atoms with van der Waals surface area (Å²) in [6.45, 7) is 0. The van der Waals surface area contributed by atoms with Crippen molar-refractivity contribution in [2.75, 3.05) is 0 Å². The molecule has 1 amide bonds. The van der Waals surface area contributed by atoms with Crippen LogP contribution in [0.5, 0.6) is 0 Å². The van der Waals surface area contributed by atoms with Gasteiger partial charge in [-0.2, -0.15) is 0 Å². The Morgan fingerprint density at radius 2 is 1.72 bits per heavy atom. The minimum atomic E-state index is -0.374. The molecule has 0 aromatic carbocycles. The third-order valence-electron chi connectivity index (χ3n) is 5.39. The van der Waals surface area contributed by atoms with Gasteiger partial charge in [0.2, 0.25) is 5.91 Å². The zero-order valence-electron chi connectivity index (χ0n) is 11.3. The molecule has 2 atom stereocenters. The van der Waals surface area contributed by atoms with E-state index in [-0.39, 0.29) is 11.4 Å². The first-order valence-electron chi connectivity index (χ1n) is 7.77. The SMILES string of the molecule is NC(=O)C1(NC2CCCC2)CCCC(C2CC2)C1. The minimum Gasteiger partial charge on any atom is -0.368 e. The van der Waals surface area contributed by atoms with Gasteiger partial charge in [-0.1, -0.05) is 25.7 Å². The smallest absolute Gasteiger partial charge is 0.237 e. The lowest BCUT2D eigenvalue weighted by molar-refractivity contribution is -0.127. The van der Waals surface area contributed by atoms with Crippen LogP contribution in [0.1, 0.15) is 64.2 Å². The fraction of sp³-hybridized carbons (Fsp3) is 0.933. The summed E-state index contributed by atoms with van der Waals surface area (Å²) in [5, 5.41) is 3.67. The number of hydrogen-bond acceptors (Lipinski definition) is 2. The average Bonchev–Trinajstić information content (AvgIpc) is 3.09. The van der Waals surface area contributed by atoms with E-state index in [1.807, 2.05) is 0 Å². The van der Waals surface area contributed by atoms with Crippen LogP contribution in [0.25, 0.3) is 0 Å². The van der Waals surface area contributed by atoms with Crippen molar-refractivity contribution in [1.82, 2.24) is 5.32 Å². The van der Waals surface area contributed by atoms with Gasteiger partial charge >= 0.3 is 0 Å². The van der Waals surface area contributed by atoms with Gasteiger partial charge in [0.25, 0.3) is 0 Å². The van der Waals surface area contributed by atoms with Crippen molar-refractivity contribution in [3.05, 3.63) is 0 Å². The van der Waals surface area contributed by atoms with Crippen LogP contribution in [0, 0.1) is 11.8 Å². The number of primary amides is 1. The lowest BCUT2D eigenvalue weighted by Gasteiger charge is -2.41. The van der Waals surface area contributed by atoms with Gasteiger partial charge in [0.05, 0.1) is 5.54 Å². The predicted molar refractivity (Wildman–Crippen MR) is 72.0 cm³/mol. The van der Waals surface area contributed by atoms with Gasteiger partial charge in [-0.3, -0.25) is 4.79 Å². The van der Waals surface area contributed by atoms with E-state index in [1.54, 1.807) is 0 Å². The molecule has 0 spiro atoms. The number of carbonyl (C=O) groups is 1. The highest BCUT2D eigenvalue weighted by Crippen LogP contribution is 2.46. The van der Waals surface area contributed by atoms with Crippen molar-refractivity contribution in [2.45, 2.75) is 75.8 Å². The molecule has 0 aromatic rings. The molecule has 3 rings (SSSR count). The van der Waals surface area contributed by atoms with Crippen LogP contribution >= 0.6 is 0 Å². The molecule has 0 bridgehead atoms. The Labute approximate surface area is 110 Å². The molecule has 18 heavy (non-hydrogen) atoms. The molecule has 0 aromatic heterocycles. The molecule has 3 aliphatic rings. The van der Waals surface area contributed by atoms with Crippen molar-refractivity contribution >= 4 is 5.91 Å². The van der Waals surface area contributed by atoms with Crippen LogP contribution in [-0.4, -0.2) is 17.5 Å². The summed E-state index contributed by atoms with van der Waals surface area (Å²) in [5.74, 6) is 1.55. The summed E-state index contributed by atoms with van der Waals surface area (Å²) >= 11 is 0. The quantitative estimate of drug-likeness (QED) is 0.804. The van der Waals surface area contributed by atoms with Crippen molar-refractivity contribution < 1.29 is 4.79 Å². The summed E-state index contributed by atoms with van der Waals surface area (Å²) in [7, 11) is 0. The van der Waals surface area contributed by atoms with Gasteiger partial charge in [0, 0.05) is 6.04 Å². The molecular weight excluding hydrogens is 224 g/mol. The number of rotatable bonds is 4. The predicted octanol–water partition coefficient (Wildman–Crippen LogP) is 2.34. The fourth-order valence-electron chi connectivity index (χ4n) is 4.17. The Kier molecular flexibility index (Phi) is 3.35. The van der Waals surface area contributed by atoms with E-state index in [4.69, 9.17) is 5.73 Å². The Bertz CT molecular complexity index is 316. The molecule has 3 saturated carbocycles. The third-order valence-corrected chi connectivity index (χ3v) is 5.39. The zero-order chi connectivity index (χ0) is 12.6. The Morgan fingerprint density at radius 3 is 2.33 bits per heavy atom. The fourth-order valence-corrected chi connectivity index (χ4v) is 4.17. The van der Waals surface area contributed by atoms with Crippen LogP contribution in [0.3, 0.4) is 0 Å². The second-order valence-corrected chi connectivity index (χ2v) is 6.77. The van der Waals surface area contributed by atoms with Crippen LogP contribution in [0.15, 0.2) is 0 Å². The zero-order valence-corrected chi connectivity index (χ0v) is 11.3. The maximum atomic E-state index is 12.0. The van der Waals surface area contributed by atoms with E-state index in [0.717, 1.165) is 24.7 Å². The number of nitrogens with one attached hydrogen (secondary N) is 1. The van der Waals surface area contributed by atoms with Gasteiger partial charge in [-0.25, -0.2) is 0 Å². The summed E-state index contributed by atoms with van der Waals surface area (Å²) in [4.78, 5) is 12.0. The minimum absolute atomic E-state index is 0.0975. The van der Waals surface area contributed by atoms with Gasteiger partial charge in [0.1, 0.15) is 0 Å². The molecule has 0 heterocycles. The molecule has 2 unspecified atom stereocenters. The lowest BCUT2D eigenvalue weighted by atomic mass is 9.73. The molecular formula is C15H26N2O. The largest absolute Gasteiger partial charge is 0.368 e. The van der Waals surface area contributed by atoms with E-state index in [2.05, 4.69) is 5.32 Å². The molecule has 3 aliphatic carbocycles. The molecule has 3 N–H and O–H groups in total. The first-order chi connectivity index (χ1) is 8.70. The standard InChI is InChI=1S/C15H26N2O/c16-14(18)15(17-13-5-1-2-6-13)9-3-4-12(10-15)11-7-8-11/h11-13,17H,1-10H2,(H2,16,18). The monoisotopic (exact) mass is 250 g/mol. The molecule has 0 radical (unpaired) electrons. The van der Waals surface area contributed by atoms with Crippen molar-refractivity contribution in [2.24, 2.45) is 17.6 Å². The maximum absolute atomic E-state index is 12.0. The summed E-state index contributed by atoms with van der Waals surface area (Å²) in [6, 6.07) is 0.537.